The summed E-state index contributed by atoms with van der Waals surface area (Å²) >= 11 is 5.77. The van der Waals surface area contributed by atoms with Crippen LogP contribution in [0.4, 0.5) is 4.39 Å². The molecule has 3 nitrogen and oxygen atoms in total. The molecule has 0 saturated heterocycles. The van der Waals surface area contributed by atoms with E-state index in [4.69, 9.17) is 11.6 Å². The van der Waals surface area contributed by atoms with Crippen LogP contribution in [-0.2, 0) is 14.3 Å². The van der Waals surface area contributed by atoms with E-state index in [-0.39, 0.29) is 10.6 Å². The van der Waals surface area contributed by atoms with Gasteiger partial charge in [0.25, 0.3) is 0 Å². The highest BCUT2D eigenvalue weighted by atomic mass is 35.5. The van der Waals surface area contributed by atoms with E-state index in [1.807, 2.05) is 0 Å². The molecule has 0 fully saturated rings. The van der Waals surface area contributed by atoms with Gasteiger partial charge in [0.15, 0.2) is 0 Å². The number of carbonyl (C=O) groups excluding carboxylic acids is 2. The Balaban J connectivity index is 3.32. The average molecular weight is 245 g/mol. The number of ketones is 1. The Morgan fingerprint density at radius 1 is 1.44 bits per heavy atom. The number of halogens is 2. The number of Topliss-reactive ketones (excluding diaryl/α,β-unsaturated/α-hetero) is 1. The van der Waals surface area contributed by atoms with Crippen molar-refractivity contribution in [3.05, 3.63) is 34.6 Å². The smallest absolute Gasteiger partial charge is 0.320 e. The molecule has 0 radical (unpaired) electrons. The van der Waals surface area contributed by atoms with Crippen LogP contribution in [0.25, 0.3) is 0 Å². The van der Waals surface area contributed by atoms with Gasteiger partial charge < -0.3 is 4.74 Å². The zero-order valence-electron chi connectivity index (χ0n) is 8.79. The Morgan fingerprint density at radius 2 is 2.06 bits per heavy atom. The van der Waals surface area contributed by atoms with Crippen LogP contribution in [0.2, 0.25) is 5.02 Å². The minimum Gasteiger partial charge on any atom is -0.468 e. The third-order valence-corrected chi connectivity index (χ3v) is 2.46. The minimum absolute atomic E-state index is 0.0330. The number of esters is 1. The molecule has 0 aliphatic rings. The van der Waals surface area contributed by atoms with Crippen molar-refractivity contribution in [2.75, 3.05) is 7.11 Å². The maximum absolute atomic E-state index is 13.5. The van der Waals surface area contributed by atoms with Crippen molar-refractivity contribution < 1.29 is 18.7 Å². The van der Waals surface area contributed by atoms with E-state index in [2.05, 4.69) is 4.74 Å². The quantitative estimate of drug-likeness (QED) is 0.605. The summed E-state index contributed by atoms with van der Waals surface area (Å²) in [6.07, 6.45) is 0. The lowest BCUT2D eigenvalue weighted by Gasteiger charge is -2.13. The molecule has 1 unspecified atom stereocenters. The molecule has 1 aromatic rings. The van der Waals surface area contributed by atoms with Crippen molar-refractivity contribution in [2.24, 2.45) is 0 Å². The Morgan fingerprint density at radius 3 is 2.50 bits per heavy atom. The van der Waals surface area contributed by atoms with E-state index in [1.54, 1.807) is 0 Å². The van der Waals surface area contributed by atoms with E-state index in [9.17, 15) is 14.0 Å². The zero-order chi connectivity index (χ0) is 12.3. The van der Waals surface area contributed by atoms with Crippen LogP contribution < -0.4 is 0 Å². The first-order valence-electron chi connectivity index (χ1n) is 4.51. The lowest BCUT2D eigenvalue weighted by molar-refractivity contribution is -0.145. The fourth-order valence-electron chi connectivity index (χ4n) is 1.39. The van der Waals surface area contributed by atoms with Crippen molar-refractivity contribution in [3.8, 4) is 0 Å². The van der Waals surface area contributed by atoms with E-state index in [0.717, 1.165) is 13.2 Å². The van der Waals surface area contributed by atoms with Crippen molar-refractivity contribution >= 4 is 23.4 Å². The second-order valence-electron chi connectivity index (χ2n) is 3.20. The number of methoxy groups -OCH3 is 1. The van der Waals surface area contributed by atoms with Crippen LogP contribution in [0.15, 0.2) is 18.2 Å². The molecular formula is C11H10ClFO3. The standard InChI is InChI=1S/C11H10ClFO3/c1-6(14)9(11(15)16-2)10-7(12)4-3-5-8(10)13/h3-5,9H,1-2H3. The summed E-state index contributed by atoms with van der Waals surface area (Å²) in [5.41, 5.74) is -0.136. The van der Waals surface area contributed by atoms with Crippen molar-refractivity contribution in [1.82, 2.24) is 0 Å². The van der Waals surface area contributed by atoms with Crippen LogP contribution in [-0.4, -0.2) is 18.9 Å². The predicted molar refractivity (Wildman–Crippen MR) is 56.8 cm³/mol. The highest BCUT2D eigenvalue weighted by molar-refractivity contribution is 6.32. The summed E-state index contributed by atoms with van der Waals surface area (Å²) in [4.78, 5) is 22.7. The second kappa shape index (κ2) is 5.07. The molecule has 0 heterocycles. The van der Waals surface area contributed by atoms with E-state index in [0.29, 0.717) is 0 Å². The van der Waals surface area contributed by atoms with Crippen LogP contribution in [0.5, 0.6) is 0 Å². The van der Waals surface area contributed by atoms with Gasteiger partial charge in [0.05, 0.1) is 7.11 Å². The fourth-order valence-corrected chi connectivity index (χ4v) is 1.66. The zero-order valence-corrected chi connectivity index (χ0v) is 9.55. The van der Waals surface area contributed by atoms with Crippen LogP contribution >= 0.6 is 11.6 Å². The molecule has 86 valence electrons. The highest BCUT2D eigenvalue weighted by Gasteiger charge is 2.30. The fraction of sp³-hybridized carbons (Fsp3) is 0.273. The first-order valence-corrected chi connectivity index (χ1v) is 4.89. The number of hydrogen-bond donors (Lipinski definition) is 0. The summed E-state index contributed by atoms with van der Waals surface area (Å²) in [5.74, 6) is -3.34. The highest BCUT2D eigenvalue weighted by Crippen LogP contribution is 2.28. The Kier molecular flexibility index (Phi) is 4.01. The molecule has 5 heteroatoms. The topological polar surface area (TPSA) is 43.4 Å². The summed E-state index contributed by atoms with van der Waals surface area (Å²) in [5, 5.41) is 0.0330. The molecule has 0 spiro atoms. The minimum atomic E-state index is -1.31. The molecule has 0 aromatic heterocycles. The number of hydrogen-bond acceptors (Lipinski definition) is 3. The van der Waals surface area contributed by atoms with E-state index < -0.39 is 23.5 Å². The molecule has 0 N–H and O–H groups in total. The molecule has 1 aromatic carbocycles. The van der Waals surface area contributed by atoms with E-state index >= 15 is 0 Å². The second-order valence-corrected chi connectivity index (χ2v) is 3.61. The van der Waals surface area contributed by atoms with Crippen molar-refractivity contribution in [2.45, 2.75) is 12.8 Å². The van der Waals surface area contributed by atoms with Gasteiger partial charge in [-0.1, -0.05) is 17.7 Å². The van der Waals surface area contributed by atoms with Crippen LogP contribution in [0.3, 0.4) is 0 Å². The number of ether oxygens (including phenoxy) is 1. The van der Waals surface area contributed by atoms with Gasteiger partial charge >= 0.3 is 5.97 Å². The molecule has 0 saturated carbocycles. The summed E-state index contributed by atoms with van der Waals surface area (Å²) in [6.45, 7) is 1.18. The Labute approximate surface area is 97.2 Å². The molecule has 0 amide bonds. The monoisotopic (exact) mass is 244 g/mol. The summed E-state index contributed by atoms with van der Waals surface area (Å²) in [6, 6.07) is 3.95. The molecule has 1 atom stereocenters. The Hall–Kier alpha value is -1.42. The number of benzene rings is 1. The molecule has 0 bridgehead atoms. The van der Waals surface area contributed by atoms with Gasteiger partial charge in [-0.15, -0.1) is 0 Å². The van der Waals surface area contributed by atoms with Gasteiger partial charge in [-0.05, 0) is 19.1 Å². The van der Waals surface area contributed by atoms with Crippen molar-refractivity contribution in [1.29, 1.82) is 0 Å². The summed E-state index contributed by atoms with van der Waals surface area (Å²) < 4.78 is 18.0. The molecule has 0 aliphatic carbocycles. The number of carbonyl (C=O) groups is 2. The van der Waals surface area contributed by atoms with Gasteiger partial charge in [0, 0.05) is 10.6 Å². The van der Waals surface area contributed by atoms with Gasteiger partial charge in [-0.2, -0.15) is 0 Å². The van der Waals surface area contributed by atoms with Crippen LogP contribution in [0.1, 0.15) is 18.4 Å². The maximum atomic E-state index is 13.5. The predicted octanol–water partition coefficient (Wildman–Crippen LogP) is 2.32. The third-order valence-electron chi connectivity index (χ3n) is 2.13. The van der Waals surface area contributed by atoms with Gasteiger partial charge in [-0.3, -0.25) is 9.59 Å². The number of rotatable bonds is 3. The third kappa shape index (κ3) is 2.39. The Bertz CT molecular complexity index is 411. The van der Waals surface area contributed by atoms with E-state index in [1.165, 1.54) is 19.1 Å². The normalized spacial score (nSPS) is 12.0. The first-order chi connectivity index (χ1) is 7.49. The molecular weight excluding hydrogens is 235 g/mol. The first kappa shape index (κ1) is 12.6. The van der Waals surface area contributed by atoms with Gasteiger partial charge in [0.2, 0.25) is 0 Å². The van der Waals surface area contributed by atoms with Gasteiger partial charge in [0.1, 0.15) is 17.5 Å². The molecule has 1 rings (SSSR count). The largest absolute Gasteiger partial charge is 0.468 e. The van der Waals surface area contributed by atoms with Gasteiger partial charge in [-0.25, -0.2) is 4.39 Å². The lowest BCUT2D eigenvalue weighted by atomic mass is 9.95. The molecule has 0 aliphatic heterocycles. The molecule has 16 heavy (non-hydrogen) atoms. The van der Waals surface area contributed by atoms with Crippen molar-refractivity contribution in [3.63, 3.8) is 0 Å². The summed E-state index contributed by atoms with van der Waals surface area (Å²) in [7, 11) is 1.13. The van der Waals surface area contributed by atoms with Crippen LogP contribution in [0, 0.1) is 5.82 Å². The lowest BCUT2D eigenvalue weighted by Crippen LogP contribution is -2.22. The maximum Gasteiger partial charge on any atom is 0.320 e. The average Bonchev–Trinajstić information content (AvgIpc) is 2.22. The SMILES string of the molecule is COC(=O)C(C(C)=O)c1c(F)cccc1Cl.